The number of aliphatic hydroxyl groups excluding tert-OH is 5. The lowest BCUT2D eigenvalue weighted by Crippen LogP contribution is -2.65. The highest BCUT2D eigenvalue weighted by Gasteiger charge is 2.52. The molecule has 0 unspecified atom stereocenters. The van der Waals surface area contributed by atoms with Gasteiger partial charge in [-0.1, -0.05) is 12.1 Å². The molecule has 15 nitrogen and oxygen atoms in total. The number of phenols is 4. The second-order valence-corrected chi connectivity index (χ2v) is 10.4. The third-order valence-electron chi connectivity index (χ3n) is 7.27. The molecule has 0 saturated carbocycles. The van der Waals surface area contributed by atoms with Gasteiger partial charge >= 0.3 is 5.97 Å². The summed E-state index contributed by atoms with van der Waals surface area (Å²) in [5.41, 5.74) is 0.914. The van der Waals surface area contributed by atoms with Gasteiger partial charge < -0.3 is 69.6 Å². The Morgan fingerprint density at radius 1 is 0.818 bits per heavy atom. The SMILES string of the molecule is C[C@@H]1O[C@@H](O[C@@H]2[C@@H](O)[C@H](OCCc3ccc(O)c(O)c3)O[C@H](CO)[C@H]2OC(=O)C=Cc2ccc(O)c(O)c2)[C@@H](O)[C@@H](O)[C@@H]1O. The number of esters is 1. The van der Waals surface area contributed by atoms with Crippen molar-refractivity contribution in [2.24, 2.45) is 0 Å². The highest BCUT2D eigenvalue weighted by Crippen LogP contribution is 2.32. The van der Waals surface area contributed by atoms with Gasteiger partial charge in [0.25, 0.3) is 0 Å². The third kappa shape index (κ3) is 7.76. The molecular weight excluding hydrogens is 588 g/mol. The number of aliphatic hydroxyl groups is 5. The lowest BCUT2D eigenvalue weighted by molar-refractivity contribution is -0.357. The van der Waals surface area contributed by atoms with Crippen molar-refractivity contribution in [3.8, 4) is 23.0 Å². The number of hydrogen-bond acceptors (Lipinski definition) is 15. The number of hydrogen-bond donors (Lipinski definition) is 9. The molecule has 0 spiro atoms. The molecule has 0 radical (unpaired) electrons. The fourth-order valence-electron chi connectivity index (χ4n) is 4.76. The highest BCUT2D eigenvalue weighted by molar-refractivity contribution is 5.87. The zero-order valence-electron chi connectivity index (χ0n) is 23.5. The molecule has 2 heterocycles. The van der Waals surface area contributed by atoms with Crippen LogP contribution in [-0.4, -0.2) is 127 Å². The van der Waals surface area contributed by atoms with Crippen LogP contribution in [0.5, 0.6) is 23.0 Å². The molecule has 44 heavy (non-hydrogen) atoms. The molecule has 0 aromatic heterocycles. The maximum absolute atomic E-state index is 12.8. The van der Waals surface area contributed by atoms with Crippen LogP contribution in [0.2, 0.25) is 0 Å². The molecule has 4 rings (SSSR count). The molecule has 2 aliphatic rings. The smallest absolute Gasteiger partial charge is 0.331 e. The molecule has 242 valence electrons. The van der Waals surface area contributed by atoms with Gasteiger partial charge in [0.15, 0.2) is 41.7 Å². The van der Waals surface area contributed by atoms with E-state index in [-0.39, 0.29) is 30.3 Å². The summed E-state index contributed by atoms with van der Waals surface area (Å²) in [6, 6.07) is 7.98. The molecule has 15 heteroatoms. The number of rotatable bonds is 10. The first kappa shape index (κ1) is 33.4. The number of benzene rings is 2. The van der Waals surface area contributed by atoms with Crippen LogP contribution in [0.4, 0.5) is 0 Å². The summed E-state index contributed by atoms with van der Waals surface area (Å²) in [6.45, 7) is 0.606. The Bertz CT molecular complexity index is 1300. The van der Waals surface area contributed by atoms with Crippen molar-refractivity contribution in [1.29, 1.82) is 0 Å². The Balaban J connectivity index is 1.52. The lowest BCUT2D eigenvalue weighted by atomic mass is 9.97. The molecule has 0 aliphatic carbocycles. The van der Waals surface area contributed by atoms with E-state index in [1.165, 1.54) is 43.3 Å². The molecule has 2 aromatic carbocycles. The minimum atomic E-state index is -1.77. The van der Waals surface area contributed by atoms with E-state index in [9.17, 15) is 50.8 Å². The van der Waals surface area contributed by atoms with Crippen molar-refractivity contribution < 1.29 is 74.4 Å². The molecule has 2 fully saturated rings. The lowest BCUT2D eigenvalue weighted by Gasteiger charge is -2.46. The van der Waals surface area contributed by atoms with Crippen molar-refractivity contribution >= 4 is 12.0 Å². The maximum Gasteiger partial charge on any atom is 0.331 e. The van der Waals surface area contributed by atoms with Crippen molar-refractivity contribution in [2.45, 2.75) is 74.8 Å². The molecule has 0 bridgehead atoms. The van der Waals surface area contributed by atoms with Crippen LogP contribution in [0.15, 0.2) is 42.5 Å². The first-order valence-corrected chi connectivity index (χ1v) is 13.7. The zero-order chi connectivity index (χ0) is 32.1. The summed E-state index contributed by atoms with van der Waals surface area (Å²) in [6.07, 6.45) is -12.6. The molecular formula is C29H36O15. The van der Waals surface area contributed by atoms with Gasteiger partial charge in [-0.3, -0.25) is 0 Å². The van der Waals surface area contributed by atoms with E-state index >= 15 is 0 Å². The second kappa shape index (κ2) is 14.5. The van der Waals surface area contributed by atoms with Crippen LogP contribution in [0, 0.1) is 0 Å². The maximum atomic E-state index is 12.8. The van der Waals surface area contributed by atoms with E-state index in [0.717, 1.165) is 6.08 Å². The second-order valence-electron chi connectivity index (χ2n) is 10.4. The molecule has 0 amide bonds. The van der Waals surface area contributed by atoms with Crippen molar-refractivity contribution in [2.75, 3.05) is 13.2 Å². The van der Waals surface area contributed by atoms with Crippen LogP contribution < -0.4 is 0 Å². The van der Waals surface area contributed by atoms with Gasteiger partial charge in [-0.15, -0.1) is 0 Å². The zero-order valence-corrected chi connectivity index (χ0v) is 23.5. The predicted molar refractivity (Wildman–Crippen MR) is 147 cm³/mol. The normalized spacial score (nSPS) is 32.5. The van der Waals surface area contributed by atoms with Gasteiger partial charge in [0, 0.05) is 6.08 Å². The first-order chi connectivity index (χ1) is 20.9. The summed E-state index contributed by atoms with van der Waals surface area (Å²) >= 11 is 0. The van der Waals surface area contributed by atoms with E-state index in [1.54, 1.807) is 6.07 Å². The van der Waals surface area contributed by atoms with Gasteiger partial charge in [-0.2, -0.15) is 0 Å². The highest BCUT2D eigenvalue weighted by atomic mass is 16.7. The summed E-state index contributed by atoms with van der Waals surface area (Å²) in [7, 11) is 0. The largest absolute Gasteiger partial charge is 0.504 e. The number of aromatic hydroxyl groups is 4. The van der Waals surface area contributed by atoms with Crippen LogP contribution >= 0.6 is 0 Å². The minimum absolute atomic E-state index is 0.0754. The van der Waals surface area contributed by atoms with Gasteiger partial charge in [-0.25, -0.2) is 4.79 Å². The van der Waals surface area contributed by atoms with E-state index in [2.05, 4.69) is 0 Å². The topological polar surface area (TPSA) is 245 Å². The van der Waals surface area contributed by atoms with Crippen molar-refractivity contribution in [1.82, 2.24) is 0 Å². The summed E-state index contributed by atoms with van der Waals surface area (Å²) in [5, 5.41) is 90.5. The Morgan fingerprint density at radius 3 is 2.16 bits per heavy atom. The Hall–Kier alpha value is -3.51. The Labute approximate surface area is 251 Å². The van der Waals surface area contributed by atoms with Gasteiger partial charge in [-0.05, 0) is 54.8 Å². The van der Waals surface area contributed by atoms with E-state index in [0.29, 0.717) is 11.1 Å². The van der Waals surface area contributed by atoms with E-state index in [1.807, 2.05) is 0 Å². The predicted octanol–water partition coefficient (Wildman–Crippen LogP) is -1.02. The van der Waals surface area contributed by atoms with Crippen LogP contribution in [-0.2, 0) is 34.9 Å². The molecule has 10 atom stereocenters. The minimum Gasteiger partial charge on any atom is -0.504 e. The summed E-state index contributed by atoms with van der Waals surface area (Å²) in [5.74, 6) is -2.40. The standard InChI is InChI=1S/C29H36O15/c1-13-22(36)23(37)24(38)29(41-13)44-27-25(39)28(40-9-8-15-3-6-17(32)19(34)11-15)42-20(12-30)26(27)43-21(35)7-4-14-2-5-16(31)18(33)10-14/h2-7,10-11,13,20,22-34,36-39H,8-9,12H2,1H3/t13-,20+,22+,23-,24-,25+,26+,27+,28+,29-/m0/s1. The van der Waals surface area contributed by atoms with E-state index in [4.69, 9.17) is 23.7 Å². The number of ether oxygens (including phenoxy) is 5. The molecule has 2 saturated heterocycles. The quantitative estimate of drug-likeness (QED) is 0.0873. The monoisotopic (exact) mass is 624 g/mol. The van der Waals surface area contributed by atoms with Crippen molar-refractivity contribution in [3.63, 3.8) is 0 Å². The van der Waals surface area contributed by atoms with Crippen molar-refractivity contribution in [3.05, 3.63) is 53.6 Å². The number of phenolic OH excluding ortho intramolecular Hbond substituents is 4. The van der Waals surface area contributed by atoms with Crippen LogP contribution in [0.3, 0.4) is 0 Å². The van der Waals surface area contributed by atoms with Gasteiger partial charge in [0.2, 0.25) is 0 Å². The fourth-order valence-corrected chi connectivity index (χ4v) is 4.76. The Morgan fingerprint density at radius 2 is 1.50 bits per heavy atom. The first-order valence-electron chi connectivity index (χ1n) is 13.7. The molecule has 2 aliphatic heterocycles. The number of carbonyl (C=O) groups is 1. The summed E-state index contributed by atoms with van der Waals surface area (Å²) in [4.78, 5) is 12.8. The average molecular weight is 625 g/mol. The third-order valence-corrected chi connectivity index (χ3v) is 7.27. The molecule has 9 N–H and O–H groups in total. The van der Waals surface area contributed by atoms with Crippen LogP contribution in [0.25, 0.3) is 6.08 Å². The Kier molecular flexibility index (Phi) is 11.0. The number of carbonyl (C=O) groups excluding carboxylic acids is 1. The molecule has 2 aromatic rings. The van der Waals surface area contributed by atoms with Crippen LogP contribution in [0.1, 0.15) is 18.1 Å². The summed E-state index contributed by atoms with van der Waals surface area (Å²) < 4.78 is 28.2. The van der Waals surface area contributed by atoms with Gasteiger partial charge in [0.05, 0.1) is 19.3 Å². The average Bonchev–Trinajstić information content (AvgIpc) is 2.99. The fraction of sp³-hybridized carbons (Fsp3) is 0.483. The van der Waals surface area contributed by atoms with E-state index < -0.39 is 79.7 Å². The van der Waals surface area contributed by atoms with Gasteiger partial charge in [0.1, 0.15) is 36.6 Å².